The third-order valence-electron chi connectivity index (χ3n) is 2.68. The summed E-state index contributed by atoms with van der Waals surface area (Å²) in [4.78, 5) is 8.41. The van der Waals surface area contributed by atoms with Gasteiger partial charge in [0.15, 0.2) is 0 Å². The van der Waals surface area contributed by atoms with Crippen molar-refractivity contribution >= 4 is 11.6 Å². The Labute approximate surface area is 106 Å². The van der Waals surface area contributed by atoms with Crippen molar-refractivity contribution in [3.63, 3.8) is 0 Å². The quantitative estimate of drug-likeness (QED) is 0.906. The summed E-state index contributed by atoms with van der Waals surface area (Å²) in [5.74, 6) is 0. The van der Waals surface area contributed by atoms with Crippen molar-refractivity contribution in [2.75, 3.05) is 7.05 Å². The zero-order valence-electron chi connectivity index (χ0n) is 9.81. The largest absolute Gasteiger partial charge is 0.308 e. The van der Waals surface area contributed by atoms with Crippen LogP contribution in [0.15, 0.2) is 36.8 Å². The maximum Gasteiger partial charge on any atom is 0.0801 e. The van der Waals surface area contributed by atoms with Gasteiger partial charge < -0.3 is 5.32 Å². The van der Waals surface area contributed by atoms with E-state index in [-0.39, 0.29) is 6.04 Å². The molecule has 1 N–H and O–H groups in total. The normalized spacial score (nSPS) is 12.4. The first kappa shape index (κ1) is 12.0. The summed E-state index contributed by atoms with van der Waals surface area (Å²) < 4.78 is 0. The lowest BCUT2D eigenvalue weighted by Gasteiger charge is -2.16. The van der Waals surface area contributed by atoms with Gasteiger partial charge in [0, 0.05) is 17.4 Å². The van der Waals surface area contributed by atoms with E-state index in [0.717, 1.165) is 21.8 Å². The molecule has 0 saturated heterocycles. The molecule has 2 rings (SSSR count). The standard InChI is InChI=1S/C13H14ClN3/c1-9-7-10(3-4-11(9)14)13(15-2)12-8-16-5-6-17-12/h3-8,13,15H,1-2H3. The molecular weight excluding hydrogens is 234 g/mol. The number of hydrogen-bond acceptors (Lipinski definition) is 3. The van der Waals surface area contributed by atoms with Gasteiger partial charge >= 0.3 is 0 Å². The molecule has 1 heterocycles. The van der Waals surface area contributed by atoms with Gasteiger partial charge in [0.2, 0.25) is 0 Å². The topological polar surface area (TPSA) is 37.8 Å². The van der Waals surface area contributed by atoms with Crippen molar-refractivity contribution in [2.45, 2.75) is 13.0 Å². The molecule has 0 saturated carbocycles. The Hall–Kier alpha value is -1.45. The van der Waals surface area contributed by atoms with Gasteiger partial charge in [0.05, 0.1) is 17.9 Å². The number of benzene rings is 1. The van der Waals surface area contributed by atoms with E-state index in [1.54, 1.807) is 18.6 Å². The fraction of sp³-hybridized carbons (Fsp3) is 0.231. The van der Waals surface area contributed by atoms with Crippen molar-refractivity contribution in [1.29, 1.82) is 0 Å². The van der Waals surface area contributed by atoms with E-state index in [1.807, 2.05) is 26.1 Å². The van der Waals surface area contributed by atoms with E-state index >= 15 is 0 Å². The summed E-state index contributed by atoms with van der Waals surface area (Å²) in [6, 6.07) is 6.02. The van der Waals surface area contributed by atoms with Gasteiger partial charge in [-0.2, -0.15) is 0 Å². The van der Waals surface area contributed by atoms with Crippen molar-refractivity contribution in [2.24, 2.45) is 0 Å². The number of rotatable bonds is 3. The Morgan fingerprint density at radius 1 is 1.29 bits per heavy atom. The highest BCUT2D eigenvalue weighted by Crippen LogP contribution is 2.23. The summed E-state index contributed by atoms with van der Waals surface area (Å²) in [7, 11) is 1.91. The summed E-state index contributed by atoms with van der Waals surface area (Å²) in [5.41, 5.74) is 3.10. The van der Waals surface area contributed by atoms with Gasteiger partial charge in [-0.05, 0) is 31.2 Å². The second kappa shape index (κ2) is 5.25. The molecule has 0 spiro atoms. The first-order valence-electron chi connectivity index (χ1n) is 5.41. The van der Waals surface area contributed by atoms with Crippen molar-refractivity contribution in [3.05, 3.63) is 58.6 Å². The average molecular weight is 248 g/mol. The highest BCUT2D eigenvalue weighted by Gasteiger charge is 2.13. The predicted octanol–water partition coefficient (Wildman–Crippen LogP) is 2.75. The van der Waals surface area contributed by atoms with E-state index in [9.17, 15) is 0 Å². The van der Waals surface area contributed by atoms with E-state index in [2.05, 4.69) is 21.4 Å². The Morgan fingerprint density at radius 3 is 2.71 bits per heavy atom. The van der Waals surface area contributed by atoms with Crippen LogP contribution in [-0.4, -0.2) is 17.0 Å². The molecule has 1 atom stereocenters. The highest BCUT2D eigenvalue weighted by molar-refractivity contribution is 6.31. The molecule has 0 amide bonds. The second-order valence-electron chi connectivity index (χ2n) is 3.86. The molecule has 0 aliphatic heterocycles. The number of aryl methyl sites for hydroxylation is 1. The SMILES string of the molecule is CNC(c1ccc(Cl)c(C)c1)c1cnccn1. The van der Waals surface area contributed by atoms with Crippen LogP contribution in [-0.2, 0) is 0 Å². The summed E-state index contributed by atoms with van der Waals surface area (Å²) in [6.45, 7) is 2.00. The van der Waals surface area contributed by atoms with E-state index in [0.29, 0.717) is 0 Å². The van der Waals surface area contributed by atoms with Gasteiger partial charge in [0.1, 0.15) is 0 Å². The molecule has 0 radical (unpaired) electrons. The molecule has 0 bridgehead atoms. The molecule has 1 aromatic carbocycles. The van der Waals surface area contributed by atoms with Crippen molar-refractivity contribution in [1.82, 2.24) is 15.3 Å². The molecule has 0 aliphatic carbocycles. The number of aromatic nitrogens is 2. The molecule has 17 heavy (non-hydrogen) atoms. The zero-order chi connectivity index (χ0) is 12.3. The summed E-state index contributed by atoms with van der Waals surface area (Å²) >= 11 is 6.03. The first-order valence-corrected chi connectivity index (χ1v) is 5.79. The Morgan fingerprint density at radius 2 is 2.12 bits per heavy atom. The lowest BCUT2D eigenvalue weighted by Crippen LogP contribution is -2.19. The first-order chi connectivity index (χ1) is 8.22. The van der Waals surface area contributed by atoms with Crippen LogP contribution in [0.2, 0.25) is 5.02 Å². The van der Waals surface area contributed by atoms with Crippen LogP contribution in [0.4, 0.5) is 0 Å². The zero-order valence-corrected chi connectivity index (χ0v) is 10.6. The smallest absolute Gasteiger partial charge is 0.0801 e. The molecule has 2 aromatic rings. The van der Waals surface area contributed by atoms with Crippen LogP contribution in [0.1, 0.15) is 22.9 Å². The third-order valence-corrected chi connectivity index (χ3v) is 3.11. The maximum atomic E-state index is 6.03. The summed E-state index contributed by atoms with van der Waals surface area (Å²) in [5, 5.41) is 4.02. The third kappa shape index (κ3) is 2.62. The van der Waals surface area contributed by atoms with Crippen LogP contribution in [0.3, 0.4) is 0 Å². The van der Waals surface area contributed by atoms with Crippen LogP contribution in [0.5, 0.6) is 0 Å². The molecule has 4 heteroatoms. The number of halogens is 1. The summed E-state index contributed by atoms with van der Waals surface area (Å²) in [6.07, 6.45) is 5.14. The fourth-order valence-corrected chi connectivity index (χ4v) is 1.91. The average Bonchev–Trinajstić information content (AvgIpc) is 2.36. The minimum atomic E-state index is 0.0414. The van der Waals surface area contributed by atoms with Crippen LogP contribution in [0.25, 0.3) is 0 Å². The Balaban J connectivity index is 2.39. The molecule has 1 aromatic heterocycles. The molecule has 88 valence electrons. The minimum absolute atomic E-state index is 0.0414. The number of nitrogens with zero attached hydrogens (tertiary/aromatic N) is 2. The van der Waals surface area contributed by atoms with Crippen LogP contribution < -0.4 is 5.32 Å². The van der Waals surface area contributed by atoms with Gasteiger partial charge in [0.25, 0.3) is 0 Å². The van der Waals surface area contributed by atoms with Crippen molar-refractivity contribution < 1.29 is 0 Å². The van der Waals surface area contributed by atoms with Crippen molar-refractivity contribution in [3.8, 4) is 0 Å². The van der Waals surface area contributed by atoms with E-state index < -0.39 is 0 Å². The second-order valence-corrected chi connectivity index (χ2v) is 4.27. The maximum absolute atomic E-state index is 6.03. The Kier molecular flexibility index (Phi) is 3.71. The Bertz CT molecular complexity index is 499. The van der Waals surface area contributed by atoms with E-state index in [1.165, 1.54) is 0 Å². The molecule has 3 nitrogen and oxygen atoms in total. The monoisotopic (exact) mass is 247 g/mol. The van der Waals surface area contributed by atoms with E-state index in [4.69, 9.17) is 11.6 Å². The van der Waals surface area contributed by atoms with Gasteiger partial charge in [-0.25, -0.2) is 0 Å². The predicted molar refractivity (Wildman–Crippen MR) is 69.1 cm³/mol. The molecule has 0 aliphatic rings. The van der Waals surface area contributed by atoms with Gasteiger partial charge in [-0.15, -0.1) is 0 Å². The molecular formula is C13H14ClN3. The number of hydrogen-bond donors (Lipinski definition) is 1. The molecule has 0 fully saturated rings. The molecule has 1 unspecified atom stereocenters. The van der Waals surface area contributed by atoms with Gasteiger partial charge in [-0.3, -0.25) is 9.97 Å². The van der Waals surface area contributed by atoms with Crippen LogP contribution in [0, 0.1) is 6.92 Å². The lowest BCUT2D eigenvalue weighted by molar-refractivity contribution is 0.666. The number of nitrogens with one attached hydrogen (secondary N) is 1. The van der Waals surface area contributed by atoms with Gasteiger partial charge in [-0.1, -0.05) is 23.7 Å². The van der Waals surface area contributed by atoms with Crippen LogP contribution >= 0.6 is 11.6 Å². The fourth-order valence-electron chi connectivity index (χ4n) is 1.79. The highest BCUT2D eigenvalue weighted by atomic mass is 35.5. The lowest BCUT2D eigenvalue weighted by atomic mass is 10.0. The minimum Gasteiger partial charge on any atom is -0.308 e.